The topological polar surface area (TPSA) is 194 Å². The number of hydrogen-bond acceptors (Lipinski definition) is 14. The Balaban J connectivity index is 0.811. The van der Waals surface area contributed by atoms with Crippen molar-refractivity contribution in [3.05, 3.63) is 76.0 Å². The highest BCUT2D eigenvalue weighted by atomic mass is 35.5. The van der Waals surface area contributed by atoms with Crippen LogP contribution in [0.2, 0.25) is 5.02 Å². The number of anilines is 3. The fourth-order valence-electron chi connectivity index (χ4n) is 9.17. The molecule has 0 spiro atoms. The molecular weight excluding hydrogens is 931 g/mol. The Hall–Kier alpha value is -5.08. The predicted octanol–water partition coefficient (Wildman–Crippen LogP) is 5.92. The molecule has 2 saturated heterocycles. The lowest BCUT2D eigenvalue weighted by atomic mass is 9.75. The number of alkyl halides is 1. The molecule has 4 aliphatic rings. The van der Waals surface area contributed by atoms with Crippen molar-refractivity contribution in [3.8, 4) is 16.2 Å². The van der Waals surface area contributed by atoms with E-state index < -0.39 is 46.3 Å². The summed E-state index contributed by atoms with van der Waals surface area (Å²) in [5, 5.41) is 22.9. The molecule has 0 radical (unpaired) electrons. The number of likely N-dealkylation sites (tertiary alicyclic amines) is 1. The quantitative estimate of drug-likeness (QED) is 0.0790. The van der Waals surface area contributed by atoms with Gasteiger partial charge in [0.15, 0.2) is 5.67 Å². The molecule has 4 fully saturated rings. The van der Waals surface area contributed by atoms with E-state index in [2.05, 4.69) is 41.1 Å². The van der Waals surface area contributed by atoms with Gasteiger partial charge in [-0.25, -0.2) is 14.4 Å². The van der Waals surface area contributed by atoms with E-state index in [1.165, 1.54) is 11.1 Å². The first-order valence-electron chi connectivity index (χ1n) is 23.1. The molecule has 4 amide bonds. The molecule has 8 rings (SSSR count). The van der Waals surface area contributed by atoms with Gasteiger partial charge in [-0.3, -0.25) is 24.1 Å². The summed E-state index contributed by atoms with van der Waals surface area (Å²) in [6.45, 7) is 9.54. The van der Waals surface area contributed by atoms with Gasteiger partial charge in [-0.1, -0.05) is 35.9 Å². The number of amides is 4. The largest absolute Gasteiger partial charge is 0.495 e. The molecular formula is C48H60ClFN10O6S2. The van der Waals surface area contributed by atoms with Crippen LogP contribution in [0, 0.1) is 18.8 Å². The Morgan fingerprint density at radius 3 is 2.44 bits per heavy atom. The van der Waals surface area contributed by atoms with Crippen LogP contribution in [0.4, 0.5) is 21.8 Å². The number of thioether (sulfide) groups is 1. The Morgan fingerprint density at radius 1 is 1.04 bits per heavy atom. The van der Waals surface area contributed by atoms with E-state index in [1.54, 1.807) is 55.5 Å². The highest BCUT2D eigenvalue weighted by Gasteiger charge is 2.54. The van der Waals surface area contributed by atoms with Crippen LogP contribution >= 0.6 is 34.7 Å². The number of halogens is 2. The number of thiazole rings is 1. The standard InChI is InChI=1S/C48H60ClFN10O6S2/c1-28-39(67-27-54-28)32-8-6-29(7-9-32)22-52-42(62)37-21-34(61)25-60(37)44(64)40(56-45(65)48(50)12-13-48)47(2,3)68-26-31-18-30(19-31)24-58-14-16-59(17-15-58)43(63)33-10-11-36(38(20-33)66-5)55-46-53-23-35(49)41(51-4)57-46/h6-11,20,23,27,30-31,34,37,40,61H,12-19,21-22,24-26H2,1-5H3,(H,52,62)(H,56,65)(H2,51,53,55,57)/t30?,31?,34-,37+,40+/m1/s1. The zero-order valence-electron chi connectivity index (χ0n) is 39.0. The maximum atomic E-state index is 15.1. The van der Waals surface area contributed by atoms with Crippen LogP contribution in [-0.4, -0.2) is 146 Å². The third-order valence-corrected chi connectivity index (χ3v) is 16.4. The summed E-state index contributed by atoms with van der Waals surface area (Å²) in [6, 6.07) is 11.0. The smallest absolute Gasteiger partial charge is 0.258 e. The Kier molecular flexibility index (Phi) is 15.1. The van der Waals surface area contributed by atoms with Crippen molar-refractivity contribution >= 4 is 75.8 Å². The van der Waals surface area contributed by atoms with Crippen molar-refractivity contribution in [2.45, 2.75) is 88.0 Å². The molecule has 5 N–H and O–H groups in total. The van der Waals surface area contributed by atoms with Crippen LogP contribution in [0.25, 0.3) is 10.4 Å². The minimum Gasteiger partial charge on any atom is -0.495 e. The van der Waals surface area contributed by atoms with Crippen molar-refractivity contribution in [2.75, 3.05) is 69.8 Å². The molecule has 16 nitrogen and oxygen atoms in total. The van der Waals surface area contributed by atoms with Gasteiger partial charge in [0.2, 0.25) is 17.8 Å². The first-order valence-corrected chi connectivity index (χ1v) is 25.3. The average molecular weight is 992 g/mol. The molecule has 2 aliphatic heterocycles. The fourth-order valence-corrected chi connectivity index (χ4v) is 11.4. The SMILES string of the molecule is CNc1nc(Nc2ccc(C(=O)N3CCN(CC4CC(CSC(C)(C)[C@@H](NC(=O)C5(F)CC5)C(=O)N5C[C@H](O)C[C@H]5C(=O)NCc5ccc(-c6scnc6C)cc5)C4)CC3)cc2OC)ncc1Cl. The number of nitrogens with zero attached hydrogens (tertiary/aromatic N) is 6. The number of β-amino-alcohol motifs (C(OH)–C–C–N with tert-alkyl or cyclic N) is 1. The number of rotatable bonds is 18. The summed E-state index contributed by atoms with van der Waals surface area (Å²) in [7, 11) is 3.26. The second-order valence-corrected chi connectivity index (χ2v) is 21.8. The van der Waals surface area contributed by atoms with Gasteiger partial charge < -0.3 is 40.9 Å². The van der Waals surface area contributed by atoms with E-state index in [4.69, 9.17) is 16.3 Å². The predicted molar refractivity (Wildman–Crippen MR) is 263 cm³/mol. The number of ether oxygens (including phenoxy) is 1. The number of aliphatic hydroxyl groups is 1. The molecule has 3 atom stereocenters. The summed E-state index contributed by atoms with van der Waals surface area (Å²) >= 11 is 9.26. The third kappa shape index (κ3) is 11.3. The van der Waals surface area contributed by atoms with Gasteiger partial charge in [0.05, 0.1) is 41.2 Å². The molecule has 4 heterocycles. The molecule has 0 unspecified atom stereocenters. The van der Waals surface area contributed by atoms with E-state index in [0.29, 0.717) is 58.7 Å². The average Bonchev–Trinajstić information content (AvgIpc) is 3.73. The van der Waals surface area contributed by atoms with Crippen LogP contribution < -0.4 is 26.0 Å². The molecule has 2 aromatic carbocycles. The number of aryl methyl sites for hydroxylation is 1. The van der Waals surface area contributed by atoms with Gasteiger partial charge in [0.25, 0.3) is 11.8 Å². The maximum absolute atomic E-state index is 15.1. The summed E-state index contributed by atoms with van der Waals surface area (Å²) in [4.78, 5) is 74.6. The maximum Gasteiger partial charge on any atom is 0.258 e. The van der Waals surface area contributed by atoms with E-state index in [0.717, 1.165) is 59.9 Å². The zero-order chi connectivity index (χ0) is 48.3. The van der Waals surface area contributed by atoms with Crippen LogP contribution in [0.1, 0.15) is 67.6 Å². The summed E-state index contributed by atoms with van der Waals surface area (Å²) < 4.78 is 19.9. The van der Waals surface area contributed by atoms with Crippen molar-refractivity contribution < 1.29 is 33.4 Å². The highest BCUT2D eigenvalue weighted by Crippen LogP contribution is 2.43. The lowest BCUT2D eigenvalue weighted by Crippen LogP contribution is -2.61. The lowest BCUT2D eigenvalue weighted by molar-refractivity contribution is -0.143. The minimum atomic E-state index is -2.00. The van der Waals surface area contributed by atoms with E-state index in [1.807, 2.05) is 55.4 Å². The number of aliphatic hydroxyl groups excluding tert-OH is 1. The van der Waals surface area contributed by atoms with Gasteiger partial charge in [0, 0.05) is 69.6 Å². The molecule has 4 aromatic rings. The number of benzene rings is 2. The molecule has 2 aromatic heterocycles. The lowest BCUT2D eigenvalue weighted by Gasteiger charge is -2.43. The Labute approximate surface area is 409 Å². The van der Waals surface area contributed by atoms with Crippen LogP contribution in [0.5, 0.6) is 5.75 Å². The summed E-state index contributed by atoms with van der Waals surface area (Å²) in [6.07, 6.45) is 2.84. The van der Waals surface area contributed by atoms with Crippen molar-refractivity contribution in [1.29, 1.82) is 0 Å². The van der Waals surface area contributed by atoms with Gasteiger partial charge in [-0.15, -0.1) is 11.3 Å². The summed E-state index contributed by atoms with van der Waals surface area (Å²) in [5.74, 6) is 1.13. The molecule has 0 bridgehead atoms. The van der Waals surface area contributed by atoms with Crippen LogP contribution in [-0.2, 0) is 20.9 Å². The summed E-state index contributed by atoms with van der Waals surface area (Å²) in [5.41, 5.74) is 3.80. The van der Waals surface area contributed by atoms with E-state index >= 15 is 4.39 Å². The number of carbonyl (C=O) groups excluding carboxylic acids is 4. The van der Waals surface area contributed by atoms with E-state index in [9.17, 15) is 24.3 Å². The van der Waals surface area contributed by atoms with Gasteiger partial charge >= 0.3 is 0 Å². The Morgan fingerprint density at radius 2 is 1.78 bits per heavy atom. The number of nitrogens with one attached hydrogen (secondary N) is 4. The molecule has 68 heavy (non-hydrogen) atoms. The third-order valence-electron chi connectivity index (χ3n) is 13.5. The monoisotopic (exact) mass is 990 g/mol. The molecule has 364 valence electrons. The van der Waals surface area contributed by atoms with Crippen molar-refractivity contribution in [3.63, 3.8) is 0 Å². The fraction of sp³-hybridized carbons (Fsp3) is 0.521. The van der Waals surface area contributed by atoms with Gasteiger partial charge in [-0.05, 0) is 93.4 Å². The van der Waals surface area contributed by atoms with Crippen LogP contribution in [0.3, 0.4) is 0 Å². The van der Waals surface area contributed by atoms with Gasteiger partial charge in [-0.2, -0.15) is 16.7 Å². The van der Waals surface area contributed by atoms with Crippen molar-refractivity contribution in [2.24, 2.45) is 11.8 Å². The van der Waals surface area contributed by atoms with Gasteiger partial charge in [0.1, 0.15) is 28.7 Å². The molecule has 2 saturated carbocycles. The second kappa shape index (κ2) is 20.9. The molecule has 2 aliphatic carbocycles. The van der Waals surface area contributed by atoms with Crippen LogP contribution in [0.15, 0.2) is 54.2 Å². The number of hydrogen-bond donors (Lipinski definition) is 5. The van der Waals surface area contributed by atoms with E-state index in [-0.39, 0.29) is 38.3 Å². The minimum absolute atomic E-state index is 0.0551. The molecule has 20 heteroatoms. The zero-order valence-corrected chi connectivity index (χ0v) is 41.4. The number of methoxy groups -OCH3 is 1. The number of piperazine rings is 1. The second-order valence-electron chi connectivity index (χ2n) is 18.8. The number of carbonyl (C=O) groups is 4. The normalized spacial score (nSPS) is 21.6. The first-order chi connectivity index (χ1) is 32.5. The Bertz CT molecular complexity index is 2480. The highest BCUT2D eigenvalue weighted by molar-refractivity contribution is 8.00. The van der Waals surface area contributed by atoms with Crippen molar-refractivity contribution in [1.82, 2.24) is 40.3 Å². The number of aromatic nitrogens is 3. The first kappa shape index (κ1) is 49.3.